The van der Waals surface area contributed by atoms with E-state index in [0.29, 0.717) is 5.56 Å². The first-order chi connectivity index (χ1) is 9.58. The summed E-state index contributed by atoms with van der Waals surface area (Å²) in [6.07, 6.45) is 3.00. The third-order valence-corrected chi connectivity index (χ3v) is 2.88. The van der Waals surface area contributed by atoms with Crippen LogP contribution in [-0.4, -0.2) is 12.0 Å². The lowest BCUT2D eigenvalue weighted by Crippen LogP contribution is -2.26. The van der Waals surface area contributed by atoms with Crippen molar-refractivity contribution in [1.29, 1.82) is 0 Å². The van der Waals surface area contributed by atoms with Crippen LogP contribution < -0.4 is 10.1 Å². The number of carbonyl (C=O) groups is 1. The Hall–Kier alpha value is -2.23. The Kier molecular flexibility index (Phi) is 4.45. The van der Waals surface area contributed by atoms with Gasteiger partial charge >= 0.3 is 0 Å². The van der Waals surface area contributed by atoms with E-state index in [-0.39, 0.29) is 18.1 Å². The summed E-state index contributed by atoms with van der Waals surface area (Å²) in [4.78, 5) is 12.0. The Morgan fingerprint density at radius 1 is 1.20 bits per heavy atom. The summed E-state index contributed by atoms with van der Waals surface area (Å²) >= 11 is 0. The van der Waals surface area contributed by atoms with E-state index in [2.05, 4.69) is 5.32 Å². The molecule has 4 nitrogen and oxygen atoms in total. The van der Waals surface area contributed by atoms with Gasteiger partial charge in [0.25, 0.3) is 5.91 Å². The van der Waals surface area contributed by atoms with Crippen molar-refractivity contribution in [2.45, 2.75) is 32.9 Å². The van der Waals surface area contributed by atoms with Crippen LogP contribution in [-0.2, 0) is 0 Å². The molecule has 1 N–H and O–H groups in total. The Bertz CT molecular complexity index is 561. The molecule has 20 heavy (non-hydrogen) atoms. The maximum absolute atomic E-state index is 12.0. The van der Waals surface area contributed by atoms with Gasteiger partial charge in [0.2, 0.25) is 0 Å². The largest absolute Gasteiger partial charge is 0.491 e. The van der Waals surface area contributed by atoms with E-state index < -0.39 is 0 Å². The van der Waals surface area contributed by atoms with E-state index in [1.807, 2.05) is 45.0 Å². The first-order valence-electron chi connectivity index (χ1n) is 6.66. The number of hydrogen-bond donors (Lipinski definition) is 1. The number of ether oxygens (including phenoxy) is 1. The molecular weight excluding hydrogens is 254 g/mol. The van der Waals surface area contributed by atoms with E-state index in [9.17, 15) is 4.79 Å². The summed E-state index contributed by atoms with van der Waals surface area (Å²) in [6, 6.07) is 9.22. The molecule has 0 bridgehead atoms. The molecule has 1 aromatic carbocycles. The van der Waals surface area contributed by atoms with Gasteiger partial charge in [-0.3, -0.25) is 4.79 Å². The fourth-order valence-electron chi connectivity index (χ4n) is 1.95. The average molecular weight is 273 g/mol. The van der Waals surface area contributed by atoms with Crippen LogP contribution in [0.2, 0.25) is 0 Å². The van der Waals surface area contributed by atoms with Gasteiger partial charge in [0, 0.05) is 5.56 Å². The molecule has 1 aromatic heterocycles. The Morgan fingerprint density at radius 2 is 1.95 bits per heavy atom. The van der Waals surface area contributed by atoms with Crippen LogP contribution in [0.3, 0.4) is 0 Å². The van der Waals surface area contributed by atoms with Crippen molar-refractivity contribution < 1.29 is 13.9 Å². The topological polar surface area (TPSA) is 51.5 Å². The van der Waals surface area contributed by atoms with Crippen LogP contribution in [0.1, 0.15) is 42.7 Å². The second-order valence-corrected chi connectivity index (χ2v) is 4.91. The van der Waals surface area contributed by atoms with Gasteiger partial charge in [0.15, 0.2) is 0 Å². The lowest BCUT2D eigenvalue weighted by Gasteiger charge is -2.19. The normalized spacial score (nSPS) is 12.2. The zero-order valence-electron chi connectivity index (χ0n) is 11.9. The summed E-state index contributed by atoms with van der Waals surface area (Å²) in [5, 5.41) is 2.93. The Morgan fingerprint density at radius 3 is 2.60 bits per heavy atom. The average Bonchev–Trinajstić information content (AvgIpc) is 2.92. The maximum Gasteiger partial charge on any atom is 0.255 e. The van der Waals surface area contributed by atoms with Crippen molar-refractivity contribution in [2.75, 3.05) is 0 Å². The molecule has 1 heterocycles. The summed E-state index contributed by atoms with van der Waals surface area (Å²) in [5.74, 6) is 0.632. The van der Waals surface area contributed by atoms with E-state index in [4.69, 9.17) is 9.15 Å². The number of hydrogen-bond acceptors (Lipinski definition) is 3. The molecule has 1 atom stereocenters. The highest BCUT2D eigenvalue weighted by atomic mass is 16.5. The molecule has 4 heteroatoms. The maximum atomic E-state index is 12.0. The molecule has 0 aliphatic carbocycles. The molecule has 106 valence electrons. The van der Waals surface area contributed by atoms with Gasteiger partial charge in [-0.2, -0.15) is 0 Å². The number of benzene rings is 1. The van der Waals surface area contributed by atoms with Crippen LogP contribution in [0.4, 0.5) is 0 Å². The molecule has 0 saturated heterocycles. The third kappa shape index (κ3) is 3.41. The number of nitrogens with one attached hydrogen (secondary N) is 1. The van der Waals surface area contributed by atoms with Crippen molar-refractivity contribution in [1.82, 2.24) is 5.32 Å². The van der Waals surface area contributed by atoms with Gasteiger partial charge in [-0.05, 0) is 32.9 Å². The van der Waals surface area contributed by atoms with Gasteiger partial charge in [0.05, 0.1) is 24.0 Å². The van der Waals surface area contributed by atoms with Crippen molar-refractivity contribution in [3.05, 3.63) is 54.0 Å². The van der Waals surface area contributed by atoms with Crippen LogP contribution in [0.5, 0.6) is 5.75 Å². The van der Waals surface area contributed by atoms with E-state index in [1.165, 1.54) is 12.5 Å². The lowest BCUT2D eigenvalue weighted by molar-refractivity contribution is 0.0938. The van der Waals surface area contributed by atoms with E-state index >= 15 is 0 Å². The fraction of sp³-hybridized carbons (Fsp3) is 0.312. The third-order valence-electron chi connectivity index (χ3n) is 2.88. The van der Waals surface area contributed by atoms with Gasteiger partial charge in [-0.15, -0.1) is 0 Å². The summed E-state index contributed by atoms with van der Waals surface area (Å²) in [5.41, 5.74) is 1.47. The lowest BCUT2D eigenvalue weighted by atomic mass is 10.1. The number of para-hydroxylation sites is 1. The molecule has 0 aliphatic heterocycles. The van der Waals surface area contributed by atoms with Gasteiger partial charge in [-0.1, -0.05) is 18.2 Å². The highest BCUT2D eigenvalue weighted by Crippen LogP contribution is 2.26. The predicted octanol–water partition coefficient (Wildman–Crippen LogP) is 3.56. The number of furan rings is 1. The minimum absolute atomic E-state index is 0.0907. The monoisotopic (exact) mass is 273 g/mol. The minimum Gasteiger partial charge on any atom is -0.491 e. The Labute approximate surface area is 118 Å². The first-order valence-corrected chi connectivity index (χ1v) is 6.66. The predicted molar refractivity (Wildman–Crippen MR) is 76.8 cm³/mol. The SMILES string of the molecule is CC(C)Oc1ccccc1[C@H](C)NC(=O)c1ccoc1. The van der Waals surface area contributed by atoms with Crippen molar-refractivity contribution >= 4 is 5.91 Å². The van der Waals surface area contributed by atoms with Crippen LogP contribution in [0.25, 0.3) is 0 Å². The van der Waals surface area contributed by atoms with Gasteiger partial charge in [0.1, 0.15) is 12.0 Å². The molecule has 0 spiro atoms. The zero-order valence-corrected chi connectivity index (χ0v) is 11.9. The molecule has 0 unspecified atom stereocenters. The quantitative estimate of drug-likeness (QED) is 0.906. The van der Waals surface area contributed by atoms with Crippen LogP contribution in [0.15, 0.2) is 47.3 Å². The summed E-state index contributed by atoms with van der Waals surface area (Å²) in [7, 11) is 0. The molecule has 0 fully saturated rings. The molecular formula is C16H19NO3. The van der Waals surface area contributed by atoms with Crippen molar-refractivity contribution in [3.8, 4) is 5.75 Å². The van der Waals surface area contributed by atoms with E-state index in [1.54, 1.807) is 6.07 Å². The molecule has 1 amide bonds. The second-order valence-electron chi connectivity index (χ2n) is 4.91. The molecule has 2 aromatic rings. The zero-order chi connectivity index (χ0) is 14.5. The van der Waals surface area contributed by atoms with Crippen molar-refractivity contribution in [2.24, 2.45) is 0 Å². The van der Waals surface area contributed by atoms with Crippen LogP contribution in [0, 0.1) is 0 Å². The second kappa shape index (κ2) is 6.28. The van der Waals surface area contributed by atoms with Crippen molar-refractivity contribution in [3.63, 3.8) is 0 Å². The Balaban J connectivity index is 2.13. The first kappa shape index (κ1) is 14.2. The number of carbonyl (C=O) groups excluding carboxylic acids is 1. The van der Waals surface area contributed by atoms with Crippen LogP contribution >= 0.6 is 0 Å². The molecule has 2 rings (SSSR count). The molecule has 0 radical (unpaired) electrons. The van der Waals surface area contributed by atoms with E-state index in [0.717, 1.165) is 11.3 Å². The fourth-order valence-corrected chi connectivity index (χ4v) is 1.95. The number of rotatable bonds is 5. The summed E-state index contributed by atoms with van der Waals surface area (Å²) < 4.78 is 10.7. The highest BCUT2D eigenvalue weighted by Gasteiger charge is 2.16. The smallest absolute Gasteiger partial charge is 0.255 e. The van der Waals surface area contributed by atoms with Gasteiger partial charge in [-0.25, -0.2) is 0 Å². The summed E-state index contributed by atoms with van der Waals surface area (Å²) in [6.45, 7) is 5.89. The molecule has 0 aliphatic rings. The van der Waals surface area contributed by atoms with Gasteiger partial charge < -0.3 is 14.5 Å². The number of amides is 1. The minimum atomic E-state index is -0.161. The highest BCUT2D eigenvalue weighted by molar-refractivity contribution is 5.94. The standard InChI is InChI=1S/C16H19NO3/c1-11(2)20-15-7-5-4-6-14(15)12(3)17-16(18)13-8-9-19-10-13/h4-12H,1-3H3,(H,17,18)/t12-/m0/s1. The molecule has 0 saturated carbocycles.